The van der Waals surface area contributed by atoms with Gasteiger partial charge >= 0.3 is 0 Å². The van der Waals surface area contributed by atoms with Crippen molar-refractivity contribution in [3.63, 3.8) is 0 Å². The first-order chi connectivity index (χ1) is 14.2. The second-order valence-electron chi connectivity index (χ2n) is 7.36. The summed E-state index contributed by atoms with van der Waals surface area (Å²) in [6, 6.07) is 5.82. The Morgan fingerprint density at radius 2 is 1.90 bits per heavy atom. The molecule has 1 N–H and O–H groups in total. The molecule has 1 saturated heterocycles. The number of benzene rings is 1. The van der Waals surface area contributed by atoms with Crippen molar-refractivity contribution >= 4 is 5.91 Å². The Morgan fingerprint density at radius 3 is 2.69 bits per heavy atom. The van der Waals surface area contributed by atoms with Crippen molar-refractivity contribution < 1.29 is 9.18 Å². The van der Waals surface area contributed by atoms with Gasteiger partial charge in [-0.2, -0.15) is 9.90 Å². The van der Waals surface area contributed by atoms with E-state index in [1.807, 2.05) is 4.90 Å². The van der Waals surface area contributed by atoms with Crippen LogP contribution in [0.1, 0.15) is 40.9 Å². The average Bonchev–Trinajstić information content (AvgIpc) is 3.42. The van der Waals surface area contributed by atoms with Gasteiger partial charge in [-0.3, -0.25) is 4.79 Å². The number of fused-ring (bicyclic) bond motifs is 1. The number of piperidine rings is 1. The zero-order chi connectivity index (χ0) is 19.8. The van der Waals surface area contributed by atoms with E-state index in [9.17, 15) is 9.18 Å². The van der Waals surface area contributed by atoms with Gasteiger partial charge in [-0.1, -0.05) is 0 Å². The molecule has 2 aromatic heterocycles. The highest BCUT2D eigenvalue weighted by Crippen LogP contribution is 2.28. The lowest BCUT2D eigenvalue weighted by molar-refractivity contribution is 0.0703. The predicted molar refractivity (Wildman–Crippen MR) is 101 cm³/mol. The first kappa shape index (κ1) is 17.9. The number of halogens is 1. The molecule has 2 aliphatic rings. The zero-order valence-electron chi connectivity index (χ0n) is 15.8. The van der Waals surface area contributed by atoms with Crippen LogP contribution in [0.5, 0.6) is 0 Å². The highest BCUT2D eigenvalue weighted by molar-refractivity contribution is 5.92. The average molecular weight is 396 g/mol. The van der Waals surface area contributed by atoms with E-state index in [0.29, 0.717) is 30.4 Å². The molecule has 0 spiro atoms. The van der Waals surface area contributed by atoms with Crippen molar-refractivity contribution in [1.29, 1.82) is 0 Å². The van der Waals surface area contributed by atoms with Crippen LogP contribution in [0.3, 0.4) is 0 Å². The minimum absolute atomic E-state index is 0.135. The topological polar surface area (TPSA) is 93.8 Å². The highest BCUT2D eigenvalue weighted by atomic mass is 19.1. The molecule has 1 fully saturated rings. The van der Waals surface area contributed by atoms with Crippen molar-refractivity contribution in [3.8, 4) is 5.69 Å². The summed E-state index contributed by atoms with van der Waals surface area (Å²) < 4.78 is 15.3. The molecule has 3 aromatic rings. The molecular formula is C19H21FN8O. The molecule has 1 amide bonds. The molecule has 0 unspecified atom stereocenters. The summed E-state index contributed by atoms with van der Waals surface area (Å²) in [4.78, 5) is 16.0. The van der Waals surface area contributed by atoms with E-state index < -0.39 is 0 Å². The smallest absolute Gasteiger partial charge is 0.276 e. The van der Waals surface area contributed by atoms with Crippen LogP contribution in [0.2, 0.25) is 0 Å². The minimum atomic E-state index is -0.328. The van der Waals surface area contributed by atoms with Gasteiger partial charge in [0.15, 0.2) is 5.69 Å². The number of nitrogens with one attached hydrogen (secondary N) is 1. The van der Waals surface area contributed by atoms with Crippen LogP contribution in [-0.4, -0.2) is 60.2 Å². The van der Waals surface area contributed by atoms with E-state index >= 15 is 0 Å². The van der Waals surface area contributed by atoms with Crippen LogP contribution < -0.4 is 5.32 Å². The van der Waals surface area contributed by atoms with Crippen molar-refractivity contribution in [2.24, 2.45) is 0 Å². The second kappa shape index (κ2) is 7.36. The van der Waals surface area contributed by atoms with Crippen molar-refractivity contribution in [2.75, 3.05) is 19.6 Å². The Morgan fingerprint density at radius 1 is 1.10 bits per heavy atom. The molecule has 2 aliphatic heterocycles. The van der Waals surface area contributed by atoms with E-state index in [2.05, 4.69) is 30.3 Å². The molecule has 29 heavy (non-hydrogen) atoms. The molecule has 0 aliphatic carbocycles. The van der Waals surface area contributed by atoms with Crippen LogP contribution in [0.4, 0.5) is 4.39 Å². The molecule has 5 rings (SSSR count). The summed E-state index contributed by atoms with van der Waals surface area (Å²) in [7, 11) is 0. The maximum atomic E-state index is 13.1. The van der Waals surface area contributed by atoms with Crippen LogP contribution in [0.15, 0.2) is 30.5 Å². The minimum Gasteiger partial charge on any atom is -0.337 e. The first-order valence-electron chi connectivity index (χ1n) is 9.79. The van der Waals surface area contributed by atoms with Gasteiger partial charge in [-0.05, 0) is 37.1 Å². The second-order valence-corrected chi connectivity index (χ2v) is 7.36. The highest BCUT2D eigenvalue weighted by Gasteiger charge is 2.30. The quantitative estimate of drug-likeness (QED) is 0.713. The van der Waals surface area contributed by atoms with Gasteiger partial charge in [-0.25, -0.2) is 4.39 Å². The fourth-order valence-electron chi connectivity index (χ4n) is 3.98. The van der Waals surface area contributed by atoms with E-state index in [-0.39, 0.29) is 11.7 Å². The number of amides is 1. The Balaban J connectivity index is 1.25. The Bertz CT molecular complexity index is 1020. The summed E-state index contributed by atoms with van der Waals surface area (Å²) in [5.74, 6) is 1.88. The third kappa shape index (κ3) is 3.39. The summed E-state index contributed by atoms with van der Waals surface area (Å²) in [5.41, 5.74) is 0.897. The van der Waals surface area contributed by atoms with Crippen LogP contribution in [0.25, 0.3) is 5.69 Å². The number of hydrogen-bond acceptors (Lipinski definition) is 6. The Labute approximate surface area is 166 Å². The van der Waals surface area contributed by atoms with Gasteiger partial charge < -0.3 is 14.8 Å². The Kier molecular flexibility index (Phi) is 4.55. The molecule has 9 nitrogen and oxygen atoms in total. The van der Waals surface area contributed by atoms with Gasteiger partial charge in [0.25, 0.3) is 5.91 Å². The number of nitrogens with zero attached hydrogens (tertiary/aromatic N) is 7. The third-order valence-corrected chi connectivity index (χ3v) is 5.57. The first-order valence-corrected chi connectivity index (χ1v) is 9.79. The normalized spacial score (nSPS) is 17.3. The molecule has 4 heterocycles. The maximum absolute atomic E-state index is 13.1. The predicted octanol–water partition coefficient (Wildman–Crippen LogP) is 1.12. The summed E-state index contributed by atoms with van der Waals surface area (Å²) >= 11 is 0. The van der Waals surface area contributed by atoms with Gasteiger partial charge in [0.05, 0.1) is 18.4 Å². The van der Waals surface area contributed by atoms with Crippen molar-refractivity contribution in [1.82, 2.24) is 40.0 Å². The summed E-state index contributed by atoms with van der Waals surface area (Å²) in [6.07, 6.45) is 3.16. The zero-order valence-corrected chi connectivity index (χ0v) is 15.8. The van der Waals surface area contributed by atoms with Gasteiger partial charge in [0.2, 0.25) is 0 Å². The summed E-state index contributed by atoms with van der Waals surface area (Å²) in [5, 5.41) is 20.4. The number of carbonyl (C=O) groups excluding carboxylic acids is 1. The lowest BCUT2D eigenvalue weighted by atomic mass is 9.95. The fourth-order valence-corrected chi connectivity index (χ4v) is 3.98. The number of likely N-dealkylation sites (tertiary alicyclic amines) is 1. The van der Waals surface area contributed by atoms with Gasteiger partial charge in [0.1, 0.15) is 17.5 Å². The van der Waals surface area contributed by atoms with E-state index in [4.69, 9.17) is 0 Å². The standard InChI is InChI=1S/C19H21FN8O/c20-14-1-3-15(4-2-14)28-22-11-16(25-28)19(29)26-8-5-13(6-9-26)18-24-23-17-12-21-7-10-27(17)18/h1-4,11,13,21H,5-10,12H2. The lowest BCUT2D eigenvalue weighted by Crippen LogP contribution is -2.39. The SMILES string of the molecule is O=C(c1cnn(-c2ccc(F)cc2)n1)N1CCC(c2nnc3n2CCNC3)CC1. The van der Waals surface area contributed by atoms with Gasteiger partial charge in [0, 0.05) is 32.1 Å². The number of hydrogen-bond donors (Lipinski definition) is 1. The van der Waals surface area contributed by atoms with Gasteiger partial charge in [-0.15, -0.1) is 15.3 Å². The number of carbonyl (C=O) groups is 1. The van der Waals surface area contributed by atoms with Crippen molar-refractivity contribution in [3.05, 3.63) is 53.6 Å². The number of rotatable bonds is 3. The monoisotopic (exact) mass is 396 g/mol. The molecule has 0 radical (unpaired) electrons. The molecule has 0 atom stereocenters. The fraction of sp³-hybridized carbons (Fsp3) is 0.421. The molecule has 0 saturated carbocycles. The van der Waals surface area contributed by atoms with E-state index in [1.165, 1.54) is 23.1 Å². The van der Waals surface area contributed by atoms with Crippen LogP contribution in [0, 0.1) is 5.82 Å². The maximum Gasteiger partial charge on any atom is 0.276 e. The van der Waals surface area contributed by atoms with Crippen molar-refractivity contribution in [2.45, 2.75) is 31.8 Å². The Hall–Kier alpha value is -3.14. The summed E-state index contributed by atoms with van der Waals surface area (Å²) in [6.45, 7) is 3.87. The third-order valence-electron chi connectivity index (χ3n) is 5.57. The molecule has 1 aromatic carbocycles. The van der Waals surface area contributed by atoms with Crippen LogP contribution in [-0.2, 0) is 13.1 Å². The molecule has 10 heteroatoms. The van der Waals surface area contributed by atoms with E-state index in [1.54, 1.807) is 12.1 Å². The molecular weight excluding hydrogens is 375 g/mol. The molecule has 0 bridgehead atoms. The lowest BCUT2D eigenvalue weighted by Gasteiger charge is -2.31. The van der Waals surface area contributed by atoms with Crippen LogP contribution >= 0.6 is 0 Å². The molecule has 150 valence electrons. The largest absolute Gasteiger partial charge is 0.337 e. The number of aromatic nitrogens is 6. The van der Waals surface area contributed by atoms with E-state index in [0.717, 1.165) is 44.1 Å².